The maximum absolute atomic E-state index is 13.9. The zero-order valence-electron chi connectivity index (χ0n) is 29.7. The topological polar surface area (TPSA) is 195 Å². The van der Waals surface area contributed by atoms with Gasteiger partial charge in [0.1, 0.15) is 24.5 Å². The number of benzene rings is 2. The molecule has 2 aromatic heterocycles. The normalized spacial score (nSPS) is 15.2. The van der Waals surface area contributed by atoms with Gasteiger partial charge in [0.2, 0.25) is 11.7 Å². The van der Waals surface area contributed by atoms with Gasteiger partial charge < -0.3 is 35.3 Å². The number of carbonyl (C=O) groups excluding carboxylic acids is 3. The number of aromatic nitrogens is 4. The standard InChI is InChI=1S/C37H45N7O7/c1-6-37(2,3)31(45)34(46)44-17-8-7-12-26(44)35(47)51-27(15-13-22-14-16-28(48-4)29(18-22)49-5)23-10-9-11-25(19-23)50-21-24-20-40-33-30(41-24)32(38)42-36(39)43-33/h9-11,14,16,18-20,26-27H,6-8,12-13,15,17,21H2,1-5H3,(H4,38,39,40,42,43)/t26?,27-/m1/s1. The van der Waals surface area contributed by atoms with Gasteiger partial charge in [0.05, 0.1) is 26.1 Å². The highest BCUT2D eigenvalue weighted by atomic mass is 16.5. The highest BCUT2D eigenvalue weighted by Crippen LogP contribution is 2.33. The number of nitrogens with zero attached hydrogens (tertiary/aromatic N) is 5. The molecule has 3 heterocycles. The fourth-order valence-corrected chi connectivity index (χ4v) is 5.86. The fourth-order valence-electron chi connectivity index (χ4n) is 5.86. The van der Waals surface area contributed by atoms with E-state index in [0.717, 1.165) is 12.0 Å². The molecule has 5 rings (SSSR count). The molecule has 0 saturated carbocycles. The van der Waals surface area contributed by atoms with E-state index in [1.807, 2.05) is 37.3 Å². The van der Waals surface area contributed by atoms with E-state index in [1.54, 1.807) is 40.2 Å². The molecular weight excluding hydrogens is 654 g/mol. The van der Waals surface area contributed by atoms with E-state index in [4.69, 9.17) is 30.4 Å². The number of rotatable bonds is 14. The number of nitrogens with two attached hydrogens (primary N) is 2. The highest BCUT2D eigenvalue weighted by molar-refractivity contribution is 6.38. The number of nitrogen functional groups attached to an aromatic ring is 2. The molecule has 1 aliphatic rings. The van der Waals surface area contributed by atoms with Gasteiger partial charge in [-0.2, -0.15) is 9.97 Å². The average Bonchev–Trinajstić information content (AvgIpc) is 3.14. The molecule has 1 saturated heterocycles. The lowest BCUT2D eigenvalue weighted by molar-refractivity contribution is -0.164. The fraction of sp³-hybridized carbons (Fsp3) is 0.432. The Morgan fingerprint density at radius 1 is 1.00 bits per heavy atom. The van der Waals surface area contributed by atoms with E-state index in [0.29, 0.717) is 72.7 Å². The summed E-state index contributed by atoms with van der Waals surface area (Å²) in [6, 6.07) is 12.0. The first-order chi connectivity index (χ1) is 24.4. The van der Waals surface area contributed by atoms with Gasteiger partial charge in [-0.1, -0.05) is 39.0 Å². The molecule has 1 unspecified atom stereocenters. The van der Waals surface area contributed by atoms with Crippen LogP contribution in [0.2, 0.25) is 0 Å². The SMILES string of the molecule is CCC(C)(C)C(=O)C(=O)N1CCCCC1C(=O)O[C@H](CCc1ccc(OC)c(OC)c1)c1cccc(OCc2cnc3nc(N)nc(N)c3n2)c1. The van der Waals surface area contributed by atoms with Gasteiger partial charge in [-0.3, -0.25) is 9.59 Å². The third-order valence-electron chi connectivity index (χ3n) is 9.25. The third kappa shape index (κ3) is 8.62. The van der Waals surface area contributed by atoms with Crippen LogP contribution in [0.3, 0.4) is 0 Å². The van der Waals surface area contributed by atoms with Crippen LogP contribution in [0.1, 0.15) is 75.8 Å². The summed E-state index contributed by atoms with van der Waals surface area (Å²) in [5.74, 6) is 0.115. The number of carbonyl (C=O) groups is 3. The Bertz CT molecular complexity index is 1900. The summed E-state index contributed by atoms with van der Waals surface area (Å²) < 4.78 is 23.2. The molecule has 2 atom stereocenters. The zero-order chi connectivity index (χ0) is 36.7. The molecule has 1 amide bonds. The first-order valence-corrected chi connectivity index (χ1v) is 17.0. The van der Waals surface area contributed by atoms with Crippen molar-refractivity contribution in [3.8, 4) is 17.2 Å². The van der Waals surface area contributed by atoms with Crippen LogP contribution in [0, 0.1) is 5.41 Å². The van der Waals surface area contributed by atoms with Gasteiger partial charge in [-0.05, 0) is 73.9 Å². The van der Waals surface area contributed by atoms with Crippen molar-refractivity contribution in [2.24, 2.45) is 5.41 Å². The summed E-state index contributed by atoms with van der Waals surface area (Å²) in [6.07, 6.45) is 4.09. The minimum absolute atomic E-state index is 0.00761. The Hall–Kier alpha value is -5.53. The smallest absolute Gasteiger partial charge is 0.329 e. The maximum Gasteiger partial charge on any atom is 0.329 e. The van der Waals surface area contributed by atoms with E-state index in [-0.39, 0.29) is 24.0 Å². The number of esters is 1. The summed E-state index contributed by atoms with van der Waals surface area (Å²) in [4.78, 5) is 58.7. The predicted octanol–water partition coefficient (Wildman–Crippen LogP) is 4.78. The number of ether oxygens (including phenoxy) is 4. The van der Waals surface area contributed by atoms with Crippen molar-refractivity contribution in [3.05, 3.63) is 65.5 Å². The summed E-state index contributed by atoms with van der Waals surface area (Å²) in [5, 5.41) is 0. The van der Waals surface area contributed by atoms with Crippen molar-refractivity contribution in [1.82, 2.24) is 24.8 Å². The monoisotopic (exact) mass is 699 g/mol. The Kier molecular flexibility index (Phi) is 11.5. The molecule has 0 bridgehead atoms. The summed E-state index contributed by atoms with van der Waals surface area (Å²) in [7, 11) is 3.15. The number of piperidine rings is 1. The van der Waals surface area contributed by atoms with Gasteiger partial charge in [0, 0.05) is 12.0 Å². The van der Waals surface area contributed by atoms with Crippen LogP contribution in [0.4, 0.5) is 11.8 Å². The Balaban J connectivity index is 1.38. The molecule has 4 N–H and O–H groups in total. The molecule has 4 aromatic rings. The Morgan fingerprint density at radius 2 is 1.78 bits per heavy atom. The quantitative estimate of drug-likeness (QED) is 0.135. The highest BCUT2D eigenvalue weighted by Gasteiger charge is 2.41. The van der Waals surface area contributed by atoms with Crippen LogP contribution in [-0.4, -0.2) is 69.3 Å². The molecule has 0 radical (unpaired) electrons. The predicted molar refractivity (Wildman–Crippen MR) is 190 cm³/mol. The lowest BCUT2D eigenvalue weighted by Crippen LogP contribution is -2.53. The van der Waals surface area contributed by atoms with Crippen molar-refractivity contribution < 1.29 is 33.3 Å². The second kappa shape index (κ2) is 16.0. The number of fused-ring (bicyclic) bond motifs is 1. The van der Waals surface area contributed by atoms with Gasteiger partial charge in [0.15, 0.2) is 28.5 Å². The molecule has 0 spiro atoms. The van der Waals surface area contributed by atoms with E-state index in [1.165, 1.54) is 11.1 Å². The van der Waals surface area contributed by atoms with Crippen molar-refractivity contribution in [2.75, 3.05) is 32.2 Å². The number of Topliss-reactive ketones (excluding diaryl/α,β-unsaturated/α-hetero) is 1. The number of hydrogen-bond acceptors (Lipinski definition) is 13. The molecule has 14 nitrogen and oxygen atoms in total. The van der Waals surface area contributed by atoms with E-state index in [9.17, 15) is 14.4 Å². The van der Waals surface area contributed by atoms with Crippen molar-refractivity contribution in [1.29, 1.82) is 0 Å². The molecule has 51 heavy (non-hydrogen) atoms. The number of likely N-dealkylation sites (tertiary alicyclic amines) is 1. The lowest BCUT2D eigenvalue weighted by atomic mass is 9.84. The van der Waals surface area contributed by atoms with Gasteiger partial charge >= 0.3 is 5.97 Å². The largest absolute Gasteiger partial charge is 0.493 e. The first kappa shape index (κ1) is 36.7. The van der Waals surface area contributed by atoms with Crippen molar-refractivity contribution in [2.45, 2.75) is 78.0 Å². The second-order valence-electron chi connectivity index (χ2n) is 13.1. The van der Waals surface area contributed by atoms with Crippen LogP contribution >= 0.6 is 0 Å². The van der Waals surface area contributed by atoms with Crippen LogP contribution in [0.15, 0.2) is 48.7 Å². The number of hydrogen-bond donors (Lipinski definition) is 2. The number of aryl methyl sites for hydroxylation is 1. The Labute approximate surface area is 296 Å². The molecule has 14 heteroatoms. The first-order valence-electron chi connectivity index (χ1n) is 17.0. The molecule has 270 valence electrons. The maximum atomic E-state index is 13.9. The van der Waals surface area contributed by atoms with Gasteiger partial charge in [0.25, 0.3) is 5.91 Å². The summed E-state index contributed by atoms with van der Waals surface area (Å²) in [5.41, 5.74) is 13.5. The van der Waals surface area contributed by atoms with Crippen LogP contribution < -0.4 is 25.7 Å². The summed E-state index contributed by atoms with van der Waals surface area (Å²) >= 11 is 0. The number of amides is 1. The van der Waals surface area contributed by atoms with Crippen LogP contribution in [0.5, 0.6) is 17.2 Å². The van der Waals surface area contributed by atoms with Gasteiger partial charge in [-0.15, -0.1) is 0 Å². The van der Waals surface area contributed by atoms with E-state index in [2.05, 4.69) is 19.9 Å². The average molecular weight is 700 g/mol. The van der Waals surface area contributed by atoms with Crippen LogP contribution in [-0.2, 0) is 32.1 Å². The minimum Gasteiger partial charge on any atom is -0.493 e. The minimum atomic E-state index is -0.871. The lowest BCUT2D eigenvalue weighted by Gasteiger charge is -2.36. The zero-order valence-corrected chi connectivity index (χ0v) is 29.7. The number of methoxy groups -OCH3 is 2. The van der Waals surface area contributed by atoms with Gasteiger partial charge in [-0.25, -0.2) is 14.8 Å². The number of anilines is 2. The molecule has 2 aromatic carbocycles. The molecule has 0 aliphatic carbocycles. The molecular formula is C37H45N7O7. The third-order valence-corrected chi connectivity index (χ3v) is 9.25. The summed E-state index contributed by atoms with van der Waals surface area (Å²) in [6.45, 7) is 5.73. The second-order valence-corrected chi connectivity index (χ2v) is 13.1. The molecule has 1 fully saturated rings. The van der Waals surface area contributed by atoms with Crippen molar-refractivity contribution >= 4 is 40.6 Å². The van der Waals surface area contributed by atoms with E-state index >= 15 is 0 Å². The van der Waals surface area contributed by atoms with Crippen molar-refractivity contribution in [3.63, 3.8) is 0 Å². The van der Waals surface area contributed by atoms with Crippen LogP contribution in [0.25, 0.3) is 11.2 Å². The molecule has 1 aliphatic heterocycles. The Morgan fingerprint density at radius 3 is 2.53 bits per heavy atom. The van der Waals surface area contributed by atoms with E-state index < -0.39 is 35.2 Å². The number of ketones is 1.